The summed E-state index contributed by atoms with van der Waals surface area (Å²) >= 11 is 6.18. The Hall–Kier alpha value is -0.530. The third-order valence-corrected chi connectivity index (χ3v) is 3.12. The summed E-state index contributed by atoms with van der Waals surface area (Å²) in [5, 5.41) is 0.872. The standard InChI is InChI=1S/C14H22ClN/c1-10(2)8-13(16)7-6-12-5-4-11(3)9-14(12)15/h4-5,9-10,13H,6-8,16H2,1-3H3. The van der Waals surface area contributed by atoms with E-state index in [1.165, 1.54) is 11.1 Å². The maximum atomic E-state index is 6.18. The largest absolute Gasteiger partial charge is 0.328 e. The molecule has 0 bridgehead atoms. The highest BCUT2D eigenvalue weighted by atomic mass is 35.5. The van der Waals surface area contributed by atoms with E-state index in [9.17, 15) is 0 Å². The molecule has 0 amide bonds. The predicted molar refractivity (Wildman–Crippen MR) is 71.9 cm³/mol. The number of benzene rings is 1. The second-order valence-corrected chi connectivity index (χ2v) is 5.43. The van der Waals surface area contributed by atoms with Crippen LogP contribution in [-0.2, 0) is 6.42 Å². The molecule has 1 unspecified atom stereocenters. The van der Waals surface area contributed by atoms with Gasteiger partial charge in [-0.05, 0) is 49.3 Å². The lowest BCUT2D eigenvalue weighted by Gasteiger charge is -2.14. The van der Waals surface area contributed by atoms with Crippen molar-refractivity contribution < 1.29 is 0 Å². The summed E-state index contributed by atoms with van der Waals surface area (Å²) in [5.41, 5.74) is 8.48. The summed E-state index contributed by atoms with van der Waals surface area (Å²) < 4.78 is 0. The number of halogens is 1. The van der Waals surface area contributed by atoms with Crippen molar-refractivity contribution in [2.75, 3.05) is 0 Å². The Morgan fingerprint density at radius 1 is 1.31 bits per heavy atom. The van der Waals surface area contributed by atoms with Crippen LogP contribution in [0.2, 0.25) is 5.02 Å². The molecule has 0 heterocycles. The van der Waals surface area contributed by atoms with Gasteiger partial charge in [-0.3, -0.25) is 0 Å². The monoisotopic (exact) mass is 239 g/mol. The fourth-order valence-electron chi connectivity index (χ4n) is 1.92. The number of hydrogen-bond donors (Lipinski definition) is 1. The zero-order valence-electron chi connectivity index (χ0n) is 10.5. The molecule has 16 heavy (non-hydrogen) atoms. The molecule has 0 aliphatic heterocycles. The van der Waals surface area contributed by atoms with Gasteiger partial charge in [0.05, 0.1) is 0 Å². The van der Waals surface area contributed by atoms with Gasteiger partial charge < -0.3 is 5.73 Å². The second kappa shape index (κ2) is 6.27. The first-order valence-electron chi connectivity index (χ1n) is 5.99. The highest BCUT2D eigenvalue weighted by Crippen LogP contribution is 2.20. The van der Waals surface area contributed by atoms with E-state index in [1.807, 2.05) is 6.07 Å². The minimum atomic E-state index is 0.289. The van der Waals surface area contributed by atoms with Crippen molar-refractivity contribution in [3.8, 4) is 0 Å². The van der Waals surface area contributed by atoms with Crippen molar-refractivity contribution in [2.24, 2.45) is 11.7 Å². The Balaban J connectivity index is 2.48. The zero-order valence-corrected chi connectivity index (χ0v) is 11.2. The number of rotatable bonds is 5. The molecule has 2 heteroatoms. The van der Waals surface area contributed by atoms with Crippen LogP contribution in [0.15, 0.2) is 18.2 Å². The third kappa shape index (κ3) is 4.54. The first kappa shape index (κ1) is 13.5. The number of hydrogen-bond acceptors (Lipinski definition) is 1. The Morgan fingerprint density at radius 3 is 2.56 bits per heavy atom. The Morgan fingerprint density at radius 2 is 2.00 bits per heavy atom. The summed E-state index contributed by atoms with van der Waals surface area (Å²) in [7, 11) is 0. The van der Waals surface area contributed by atoms with Crippen molar-refractivity contribution in [1.29, 1.82) is 0 Å². The van der Waals surface area contributed by atoms with Gasteiger partial charge in [-0.1, -0.05) is 37.6 Å². The van der Waals surface area contributed by atoms with E-state index in [-0.39, 0.29) is 6.04 Å². The minimum absolute atomic E-state index is 0.289. The Kier molecular flexibility index (Phi) is 5.30. The second-order valence-electron chi connectivity index (χ2n) is 5.02. The lowest BCUT2D eigenvalue weighted by Crippen LogP contribution is -2.22. The van der Waals surface area contributed by atoms with Gasteiger partial charge in [0.15, 0.2) is 0 Å². The maximum absolute atomic E-state index is 6.18. The molecule has 1 aromatic carbocycles. The van der Waals surface area contributed by atoms with E-state index in [0.717, 1.165) is 24.3 Å². The molecule has 0 saturated heterocycles. The van der Waals surface area contributed by atoms with Gasteiger partial charge in [-0.25, -0.2) is 0 Å². The molecular weight excluding hydrogens is 218 g/mol. The highest BCUT2D eigenvalue weighted by molar-refractivity contribution is 6.31. The SMILES string of the molecule is Cc1ccc(CCC(N)CC(C)C)c(Cl)c1. The van der Waals surface area contributed by atoms with Crippen LogP contribution >= 0.6 is 11.6 Å². The molecule has 0 aromatic heterocycles. The molecule has 1 nitrogen and oxygen atoms in total. The molecule has 0 aliphatic rings. The molecule has 1 rings (SSSR count). The predicted octanol–water partition coefficient (Wildman–Crippen LogP) is 3.95. The topological polar surface area (TPSA) is 26.0 Å². The van der Waals surface area contributed by atoms with E-state index in [0.29, 0.717) is 5.92 Å². The van der Waals surface area contributed by atoms with Gasteiger partial charge in [0.1, 0.15) is 0 Å². The summed E-state index contributed by atoms with van der Waals surface area (Å²) in [4.78, 5) is 0. The fraction of sp³-hybridized carbons (Fsp3) is 0.571. The molecule has 1 atom stereocenters. The molecule has 0 saturated carbocycles. The van der Waals surface area contributed by atoms with E-state index in [2.05, 4.69) is 32.9 Å². The normalized spacial score (nSPS) is 13.1. The van der Waals surface area contributed by atoms with Gasteiger partial charge in [-0.15, -0.1) is 0 Å². The van der Waals surface area contributed by atoms with Gasteiger partial charge in [0, 0.05) is 11.1 Å². The van der Waals surface area contributed by atoms with Crippen LogP contribution in [0, 0.1) is 12.8 Å². The van der Waals surface area contributed by atoms with E-state index < -0.39 is 0 Å². The van der Waals surface area contributed by atoms with Gasteiger partial charge in [0.2, 0.25) is 0 Å². The lowest BCUT2D eigenvalue weighted by atomic mass is 9.98. The average molecular weight is 240 g/mol. The van der Waals surface area contributed by atoms with E-state index in [1.54, 1.807) is 0 Å². The van der Waals surface area contributed by atoms with Gasteiger partial charge in [-0.2, -0.15) is 0 Å². The molecule has 1 aromatic rings. The molecule has 0 spiro atoms. The Bertz CT molecular complexity index is 334. The van der Waals surface area contributed by atoms with E-state index >= 15 is 0 Å². The van der Waals surface area contributed by atoms with E-state index in [4.69, 9.17) is 17.3 Å². The molecule has 90 valence electrons. The van der Waals surface area contributed by atoms with Crippen LogP contribution in [0.5, 0.6) is 0 Å². The fourth-order valence-corrected chi connectivity index (χ4v) is 2.25. The minimum Gasteiger partial charge on any atom is -0.328 e. The van der Waals surface area contributed by atoms with Crippen molar-refractivity contribution in [3.63, 3.8) is 0 Å². The first-order valence-corrected chi connectivity index (χ1v) is 6.37. The molecular formula is C14H22ClN. The average Bonchev–Trinajstić information content (AvgIpc) is 2.15. The van der Waals surface area contributed by atoms with Crippen molar-refractivity contribution in [3.05, 3.63) is 34.3 Å². The quantitative estimate of drug-likeness (QED) is 0.827. The van der Waals surface area contributed by atoms with Crippen LogP contribution < -0.4 is 5.73 Å². The zero-order chi connectivity index (χ0) is 12.1. The summed E-state index contributed by atoms with van der Waals surface area (Å²) in [6, 6.07) is 6.53. The third-order valence-electron chi connectivity index (χ3n) is 2.77. The van der Waals surface area contributed by atoms with Crippen LogP contribution in [0.4, 0.5) is 0 Å². The molecule has 0 radical (unpaired) electrons. The van der Waals surface area contributed by atoms with Crippen LogP contribution in [0.1, 0.15) is 37.8 Å². The molecule has 2 N–H and O–H groups in total. The smallest absolute Gasteiger partial charge is 0.0440 e. The summed E-state index contributed by atoms with van der Waals surface area (Å²) in [6.45, 7) is 6.47. The first-order chi connectivity index (χ1) is 7.49. The van der Waals surface area contributed by atoms with Crippen LogP contribution in [-0.4, -0.2) is 6.04 Å². The number of aryl methyl sites for hydroxylation is 2. The maximum Gasteiger partial charge on any atom is 0.0440 e. The van der Waals surface area contributed by atoms with Crippen molar-refractivity contribution in [2.45, 2.75) is 46.1 Å². The van der Waals surface area contributed by atoms with Crippen molar-refractivity contribution >= 4 is 11.6 Å². The van der Waals surface area contributed by atoms with Gasteiger partial charge in [0.25, 0.3) is 0 Å². The highest BCUT2D eigenvalue weighted by Gasteiger charge is 2.07. The Labute approximate surface area is 104 Å². The molecule has 0 aliphatic carbocycles. The van der Waals surface area contributed by atoms with Gasteiger partial charge >= 0.3 is 0 Å². The summed E-state index contributed by atoms with van der Waals surface area (Å²) in [5.74, 6) is 0.670. The van der Waals surface area contributed by atoms with Crippen LogP contribution in [0.25, 0.3) is 0 Å². The van der Waals surface area contributed by atoms with Crippen LogP contribution in [0.3, 0.4) is 0 Å². The summed E-state index contributed by atoms with van der Waals surface area (Å²) in [6.07, 6.45) is 3.08. The lowest BCUT2D eigenvalue weighted by molar-refractivity contribution is 0.473. The number of nitrogens with two attached hydrogens (primary N) is 1. The molecule has 0 fully saturated rings. The van der Waals surface area contributed by atoms with Crippen molar-refractivity contribution in [1.82, 2.24) is 0 Å².